The summed E-state index contributed by atoms with van der Waals surface area (Å²) >= 11 is 0. The van der Waals surface area contributed by atoms with Crippen molar-refractivity contribution in [3.8, 4) is 5.75 Å². The lowest BCUT2D eigenvalue weighted by atomic mass is 9.62. The van der Waals surface area contributed by atoms with E-state index in [1.807, 2.05) is 0 Å². The number of allylic oxidation sites excluding steroid dienone is 3. The Morgan fingerprint density at radius 1 is 1.19 bits per heavy atom. The Labute approximate surface area is 210 Å². The Morgan fingerprint density at radius 3 is 2.46 bits per heavy atom. The van der Waals surface area contributed by atoms with Crippen LogP contribution in [0.4, 0.5) is 18.9 Å². The molecule has 37 heavy (non-hydrogen) atoms. The smallest absolute Gasteiger partial charge is 0.390 e. The first-order chi connectivity index (χ1) is 17.2. The first kappa shape index (κ1) is 26.5. The van der Waals surface area contributed by atoms with Gasteiger partial charge in [0.1, 0.15) is 22.8 Å². The van der Waals surface area contributed by atoms with Crippen LogP contribution in [0.15, 0.2) is 28.7 Å². The Morgan fingerprint density at radius 2 is 1.86 bits per heavy atom. The van der Waals surface area contributed by atoms with Gasteiger partial charge in [-0.1, -0.05) is 0 Å². The second-order valence-electron chi connectivity index (χ2n) is 9.95. The van der Waals surface area contributed by atoms with Crippen molar-refractivity contribution in [1.29, 1.82) is 0 Å². The van der Waals surface area contributed by atoms with Gasteiger partial charge in [0.2, 0.25) is 0 Å². The van der Waals surface area contributed by atoms with E-state index in [0.29, 0.717) is 11.3 Å². The van der Waals surface area contributed by atoms with Crippen LogP contribution in [0.25, 0.3) is 0 Å². The van der Waals surface area contributed by atoms with Crippen LogP contribution in [0, 0.1) is 17.8 Å². The van der Waals surface area contributed by atoms with Crippen LogP contribution in [0.2, 0.25) is 0 Å². The molecule has 1 aromatic rings. The zero-order valence-corrected chi connectivity index (χ0v) is 20.3. The van der Waals surface area contributed by atoms with Crippen LogP contribution in [0.3, 0.4) is 0 Å². The third kappa shape index (κ3) is 4.65. The number of aliphatic hydroxyl groups is 2. The van der Waals surface area contributed by atoms with Gasteiger partial charge in [-0.25, -0.2) is 0 Å². The molecule has 0 saturated heterocycles. The highest BCUT2D eigenvalue weighted by Crippen LogP contribution is 2.51. The number of nitrogens with zero attached hydrogens (tertiary/aromatic N) is 1. The number of phenols is 1. The van der Waals surface area contributed by atoms with Crippen LogP contribution >= 0.6 is 0 Å². The van der Waals surface area contributed by atoms with Gasteiger partial charge in [-0.2, -0.15) is 13.2 Å². The zero-order valence-electron chi connectivity index (χ0n) is 20.3. The fourth-order valence-corrected chi connectivity index (χ4v) is 5.73. The SMILES string of the molecule is CN(C)c1cc(CNCCC(F)(F)F)c(O)c2c1CC1CC3CC(O)=C(C(N)=O)C(=O)C3C(O)=C1C2=O. The molecule has 6 N–H and O–H groups in total. The Hall–Kier alpha value is -3.54. The van der Waals surface area contributed by atoms with Crippen molar-refractivity contribution in [2.24, 2.45) is 23.5 Å². The third-order valence-corrected chi connectivity index (χ3v) is 7.32. The molecule has 1 aromatic carbocycles. The van der Waals surface area contributed by atoms with E-state index in [9.17, 15) is 42.9 Å². The number of halogens is 3. The molecule has 12 heteroatoms. The minimum atomic E-state index is -4.34. The molecule has 3 unspecified atom stereocenters. The second kappa shape index (κ2) is 9.40. The van der Waals surface area contributed by atoms with E-state index in [1.165, 1.54) is 0 Å². The molecule has 3 atom stereocenters. The number of hydrogen-bond acceptors (Lipinski definition) is 8. The number of aliphatic hydroxyl groups excluding tert-OH is 2. The lowest BCUT2D eigenvalue weighted by Crippen LogP contribution is -2.43. The number of phenolic OH excluding ortho intramolecular Hbond substituents is 1. The molecule has 1 amide bonds. The van der Waals surface area contributed by atoms with Gasteiger partial charge >= 0.3 is 6.18 Å². The number of carbonyl (C=O) groups excluding carboxylic acids is 3. The fourth-order valence-electron chi connectivity index (χ4n) is 5.73. The topological polar surface area (TPSA) is 153 Å². The van der Waals surface area contributed by atoms with E-state index in [0.717, 1.165) is 0 Å². The van der Waals surface area contributed by atoms with Gasteiger partial charge in [0.05, 0.1) is 17.9 Å². The van der Waals surface area contributed by atoms with Crippen molar-refractivity contribution in [2.75, 3.05) is 25.5 Å². The predicted octanol–water partition coefficient (Wildman–Crippen LogP) is 2.57. The molecule has 0 aromatic heterocycles. The fraction of sp³-hybridized carbons (Fsp3) is 0.480. The van der Waals surface area contributed by atoms with Crippen LogP contribution in [-0.2, 0) is 22.6 Å². The van der Waals surface area contributed by atoms with Gasteiger partial charge in [0.15, 0.2) is 11.6 Å². The molecule has 9 nitrogen and oxygen atoms in total. The van der Waals surface area contributed by atoms with Crippen LogP contribution in [-0.4, -0.2) is 59.6 Å². The highest BCUT2D eigenvalue weighted by atomic mass is 19.4. The summed E-state index contributed by atoms with van der Waals surface area (Å²) in [5.74, 6) is -6.31. The normalized spacial score (nSPS) is 23.5. The average Bonchev–Trinajstić information content (AvgIpc) is 2.76. The zero-order chi connectivity index (χ0) is 27.4. The number of alkyl halides is 3. The summed E-state index contributed by atoms with van der Waals surface area (Å²) in [6, 6.07) is 1.61. The number of amides is 1. The number of carbonyl (C=O) groups is 3. The van der Waals surface area contributed by atoms with Crippen molar-refractivity contribution < 1.29 is 42.9 Å². The molecule has 0 heterocycles. The number of Topliss-reactive ketones (excluding diaryl/α,β-unsaturated/α-hetero) is 2. The molecule has 3 aliphatic rings. The molecule has 0 bridgehead atoms. The molecule has 200 valence electrons. The van der Waals surface area contributed by atoms with Gasteiger partial charge in [0.25, 0.3) is 5.91 Å². The van der Waals surface area contributed by atoms with Crippen molar-refractivity contribution in [3.63, 3.8) is 0 Å². The van der Waals surface area contributed by atoms with Crippen LogP contribution in [0.1, 0.15) is 40.7 Å². The number of aromatic hydroxyl groups is 1. The molecule has 0 spiro atoms. The maximum atomic E-state index is 13.7. The Bertz CT molecular complexity index is 1250. The number of ketones is 2. The number of hydrogen-bond donors (Lipinski definition) is 5. The average molecular weight is 524 g/mol. The summed E-state index contributed by atoms with van der Waals surface area (Å²) in [5.41, 5.74) is 5.85. The number of benzene rings is 1. The number of primary amides is 1. The number of nitrogens with one attached hydrogen (secondary N) is 1. The van der Waals surface area contributed by atoms with E-state index in [4.69, 9.17) is 5.73 Å². The maximum absolute atomic E-state index is 13.7. The van der Waals surface area contributed by atoms with Crippen LogP contribution in [0.5, 0.6) is 5.75 Å². The highest BCUT2D eigenvalue weighted by Gasteiger charge is 2.50. The Kier molecular flexibility index (Phi) is 6.74. The van der Waals surface area contributed by atoms with Crippen molar-refractivity contribution in [2.45, 2.75) is 38.4 Å². The van der Waals surface area contributed by atoms with E-state index in [2.05, 4.69) is 5.32 Å². The molecular weight excluding hydrogens is 495 g/mol. The monoisotopic (exact) mass is 523 g/mol. The van der Waals surface area contributed by atoms with E-state index < -0.39 is 70.7 Å². The van der Waals surface area contributed by atoms with Gasteiger partial charge in [0, 0.05) is 50.4 Å². The summed E-state index contributed by atoms with van der Waals surface area (Å²) in [4.78, 5) is 40.1. The molecule has 0 fully saturated rings. The van der Waals surface area contributed by atoms with Gasteiger partial charge in [-0.15, -0.1) is 0 Å². The van der Waals surface area contributed by atoms with Crippen molar-refractivity contribution >= 4 is 23.2 Å². The molecule has 0 radical (unpaired) electrons. The molecular formula is C25H28F3N3O6. The van der Waals surface area contributed by atoms with E-state index in [-0.39, 0.29) is 49.1 Å². The number of rotatable bonds is 6. The summed E-state index contributed by atoms with van der Waals surface area (Å²) in [6.45, 7) is -0.514. The number of nitrogens with two attached hydrogens (primary N) is 1. The molecule has 4 rings (SSSR count). The third-order valence-electron chi connectivity index (χ3n) is 7.32. The lowest BCUT2D eigenvalue weighted by molar-refractivity contribution is -0.133. The maximum Gasteiger partial charge on any atom is 0.390 e. The molecule has 0 saturated carbocycles. The summed E-state index contributed by atoms with van der Waals surface area (Å²) in [5, 5.41) is 35.0. The van der Waals surface area contributed by atoms with Crippen molar-refractivity contribution in [1.82, 2.24) is 5.32 Å². The summed E-state index contributed by atoms with van der Waals surface area (Å²) in [6.07, 6.45) is -4.95. The lowest BCUT2D eigenvalue weighted by Gasteiger charge is -2.41. The second-order valence-corrected chi connectivity index (χ2v) is 9.95. The summed E-state index contributed by atoms with van der Waals surface area (Å²) in [7, 11) is 3.46. The number of fused-ring (bicyclic) bond motifs is 3. The van der Waals surface area contributed by atoms with E-state index in [1.54, 1.807) is 25.1 Å². The molecule has 3 aliphatic carbocycles. The van der Waals surface area contributed by atoms with Gasteiger partial charge in [-0.05, 0) is 36.3 Å². The quantitative estimate of drug-likeness (QED) is 0.282. The minimum Gasteiger partial charge on any atom is -0.511 e. The predicted molar refractivity (Wildman–Crippen MR) is 126 cm³/mol. The number of anilines is 1. The first-order valence-electron chi connectivity index (χ1n) is 11.8. The van der Waals surface area contributed by atoms with Crippen molar-refractivity contribution in [3.05, 3.63) is 45.4 Å². The Balaban J connectivity index is 1.75. The highest BCUT2D eigenvalue weighted by molar-refractivity contribution is 6.22. The minimum absolute atomic E-state index is 0.0468. The van der Waals surface area contributed by atoms with Gasteiger partial charge < -0.3 is 31.3 Å². The molecule has 0 aliphatic heterocycles. The standard InChI is InChI=1S/C25H28F3N3O6/c1-31(2)14-7-12(9-30-4-3-25(26,27)28)20(33)18-13(14)6-10-5-11-8-15(32)19(24(29)37)23(36)17(11)21(34)16(10)22(18)35/h7,10-11,17,30,32-34H,3-6,8-9H2,1-2H3,(H2,29,37). The summed E-state index contributed by atoms with van der Waals surface area (Å²) < 4.78 is 37.5. The van der Waals surface area contributed by atoms with Gasteiger partial charge in [-0.3, -0.25) is 14.4 Å². The first-order valence-corrected chi connectivity index (χ1v) is 11.8. The van der Waals surface area contributed by atoms with E-state index >= 15 is 0 Å². The van der Waals surface area contributed by atoms with Crippen LogP contribution < -0.4 is 16.0 Å². The largest absolute Gasteiger partial charge is 0.511 e.